The Labute approximate surface area is 151 Å². The topological polar surface area (TPSA) is 94.7 Å². The molecule has 0 unspecified atom stereocenters. The Bertz CT molecular complexity index is 837. The van der Waals surface area contributed by atoms with Gasteiger partial charge in [0.2, 0.25) is 6.04 Å². The molecule has 138 valence electrons. The second-order valence-electron chi connectivity index (χ2n) is 6.46. The molecule has 1 aliphatic carbocycles. The smallest absolute Gasteiger partial charge is 0.224 e. The maximum atomic E-state index is 11.8. The second kappa shape index (κ2) is 7.29. The predicted octanol–water partition coefficient (Wildman–Crippen LogP) is 2.62. The van der Waals surface area contributed by atoms with Crippen molar-refractivity contribution >= 4 is 0 Å². The molecule has 0 spiro atoms. The summed E-state index contributed by atoms with van der Waals surface area (Å²) in [6, 6.07) is 2.92. The van der Waals surface area contributed by atoms with Gasteiger partial charge in [-0.15, -0.1) is 0 Å². The van der Waals surface area contributed by atoms with Crippen LogP contribution in [-0.2, 0) is 13.0 Å². The number of hydrogen-bond donors (Lipinski definition) is 1. The summed E-state index contributed by atoms with van der Waals surface area (Å²) in [6.07, 6.45) is 4.30. The van der Waals surface area contributed by atoms with E-state index in [1.807, 2.05) is 19.1 Å². The van der Waals surface area contributed by atoms with Gasteiger partial charge in [0.05, 0.1) is 26.7 Å². The van der Waals surface area contributed by atoms with Gasteiger partial charge in [-0.05, 0) is 53.3 Å². The van der Waals surface area contributed by atoms with Gasteiger partial charge in [-0.2, -0.15) is 0 Å². The van der Waals surface area contributed by atoms with Gasteiger partial charge in [0.15, 0.2) is 11.5 Å². The van der Waals surface area contributed by atoms with Gasteiger partial charge in [-0.25, -0.2) is 0 Å². The molecule has 0 fully saturated rings. The van der Waals surface area contributed by atoms with Gasteiger partial charge in [0.1, 0.15) is 0 Å². The first-order valence-electron chi connectivity index (χ1n) is 8.44. The SMILES string of the molecule is COc1cc2c(cc1OC)[C@H](c1cncc(C)c1CO)[C@@H]([N+](=O)[O-])CC2. The normalized spacial score (nSPS) is 18.9. The van der Waals surface area contributed by atoms with E-state index in [9.17, 15) is 15.2 Å². The third-order valence-electron chi connectivity index (χ3n) is 5.14. The van der Waals surface area contributed by atoms with Crippen LogP contribution in [0.15, 0.2) is 24.5 Å². The monoisotopic (exact) mass is 358 g/mol. The summed E-state index contributed by atoms with van der Waals surface area (Å²) >= 11 is 0. The number of aliphatic hydroxyl groups is 1. The number of aromatic nitrogens is 1. The Kier molecular flexibility index (Phi) is 5.08. The highest BCUT2D eigenvalue weighted by Gasteiger charge is 2.40. The third kappa shape index (κ3) is 2.99. The summed E-state index contributed by atoms with van der Waals surface area (Å²) in [6.45, 7) is 1.66. The highest BCUT2D eigenvalue weighted by molar-refractivity contribution is 5.53. The van der Waals surface area contributed by atoms with Crippen LogP contribution < -0.4 is 9.47 Å². The molecule has 2 aromatic rings. The van der Waals surface area contributed by atoms with E-state index in [0.29, 0.717) is 35.5 Å². The molecular weight excluding hydrogens is 336 g/mol. The fraction of sp³-hybridized carbons (Fsp3) is 0.421. The maximum absolute atomic E-state index is 11.8. The number of fused-ring (bicyclic) bond motifs is 1. The average molecular weight is 358 g/mol. The van der Waals surface area contributed by atoms with E-state index in [1.165, 1.54) is 0 Å². The van der Waals surface area contributed by atoms with Crippen molar-refractivity contribution in [1.29, 1.82) is 0 Å². The number of nitro groups is 1. The highest BCUT2D eigenvalue weighted by atomic mass is 16.6. The Morgan fingerprint density at radius 3 is 2.54 bits per heavy atom. The predicted molar refractivity (Wildman–Crippen MR) is 95.4 cm³/mol. The van der Waals surface area contributed by atoms with E-state index in [-0.39, 0.29) is 11.5 Å². The van der Waals surface area contributed by atoms with E-state index in [2.05, 4.69) is 4.98 Å². The minimum Gasteiger partial charge on any atom is -0.493 e. The van der Waals surface area contributed by atoms with Crippen LogP contribution in [0.4, 0.5) is 0 Å². The van der Waals surface area contributed by atoms with Crippen molar-refractivity contribution in [2.45, 2.75) is 38.3 Å². The van der Waals surface area contributed by atoms with Crippen LogP contribution in [0.1, 0.15) is 40.2 Å². The molecular formula is C19H22N2O5. The molecule has 3 rings (SSSR count). The van der Waals surface area contributed by atoms with Crippen LogP contribution >= 0.6 is 0 Å². The van der Waals surface area contributed by atoms with Crippen molar-refractivity contribution < 1.29 is 19.5 Å². The molecule has 1 N–H and O–H groups in total. The molecule has 0 radical (unpaired) electrons. The van der Waals surface area contributed by atoms with E-state index < -0.39 is 12.0 Å². The number of aliphatic hydroxyl groups excluding tert-OH is 1. The van der Waals surface area contributed by atoms with Gasteiger partial charge < -0.3 is 14.6 Å². The molecule has 1 aromatic heterocycles. The number of benzene rings is 1. The number of methoxy groups -OCH3 is 2. The zero-order chi connectivity index (χ0) is 18.8. The lowest BCUT2D eigenvalue weighted by atomic mass is 9.74. The molecule has 1 heterocycles. The van der Waals surface area contributed by atoms with Crippen LogP contribution in [-0.4, -0.2) is 35.3 Å². The molecule has 0 amide bonds. The van der Waals surface area contributed by atoms with Crippen LogP contribution in [0.3, 0.4) is 0 Å². The van der Waals surface area contributed by atoms with Crippen molar-refractivity contribution in [2.75, 3.05) is 14.2 Å². The largest absolute Gasteiger partial charge is 0.493 e. The second-order valence-corrected chi connectivity index (χ2v) is 6.46. The van der Waals surface area contributed by atoms with Crippen molar-refractivity contribution in [2.24, 2.45) is 0 Å². The van der Waals surface area contributed by atoms with Crippen LogP contribution in [0.25, 0.3) is 0 Å². The number of ether oxygens (including phenoxy) is 2. The van der Waals surface area contributed by atoms with Crippen molar-refractivity contribution in [1.82, 2.24) is 4.98 Å². The fourth-order valence-corrected chi connectivity index (χ4v) is 3.82. The van der Waals surface area contributed by atoms with Crippen LogP contribution in [0.2, 0.25) is 0 Å². The summed E-state index contributed by atoms with van der Waals surface area (Å²) in [7, 11) is 3.11. The number of rotatable bonds is 5. The highest BCUT2D eigenvalue weighted by Crippen LogP contribution is 2.44. The van der Waals surface area contributed by atoms with Gasteiger partial charge in [0, 0.05) is 23.7 Å². The van der Waals surface area contributed by atoms with E-state index >= 15 is 0 Å². The van der Waals surface area contributed by atoms with Gasteiger partial charge in [-0.3, -0.25) is 15.1 Å². The first-order valence-corrected chi connectivity index (χ1v) is 8.44. The summed E-state index contributed by atoms with van der Waals surface area (Å²) in [5.74, 6) is 0.642. The minimum absolute atomic E-state index is 0.187. The summed E-state index contributed by atoms with van der Waals surface area (Å²) in [5.41, 5.74) is 4.04. The van der Waals surface area contributed by atoms with Gasteiger partial charge in [0.25, 0.3) is 0 Å². The average Bonchev–Trinajstić information content (AvgIpc) is 2.65. The minimum atomic E-state index is -0.783. The Balaban J connectivity index is 2.25. The van der Waals surface area contributed by atoms with Gasteiger partial charge in [-0.1, -0.05) is 0 Å². The Morgan fingerprint density at radius 2 is 1.92 bits per heavy atom. The molecule has 0 saturated carbocycles. The zero-order valence-corrected chi connectivity index (χ0v) is 15.1. The lowest BCUT2D eigenvalue weighted by molar-refractivity contribution is -0.526. The standard InChI is InChI=1S/C19H22N2O5/c1-11-8-20-9-14(15(11)10-22)19-13-7-18(26-3)17(25-2)6-12(13)4-5-16(19)21(23)24/h6-9,16,19,22H,4-5,10H2,1-3H3/t16-,19+/m0/s1. The van der Waals surface area contributed by atoms with E-state index in [0.717, 1.165) is 16.7 Å². The van der Waals surface area contributed by atoms with Gasteiger partial charge >= 0.3 is 0 Å². The van der Waals surface area contributed by atoms with Crippen LogP contribution in [0.5, 0.6) is 11.5 Å². The first kappa shape index (κ1) is 18.1. The lowest BCUT2D eigenvalue weighted by Gasteiger charge is -2.30. The molecule has 7 nitrogen and oxygen atoms in total. The number of nitrogens with zero attached hydrogens (tertiary/aromatic N) is 2. The molecule has 0 saturated heterocycles. The first-order chi connectivity index (χ1) is 12.5. The van der Waals surface area contributed by atoms with Crippen molar-refractivity contribution in [3.05, 3.63) is 62.5 Å². The summed E-state index contributed by atoms with van der Waals surface area (Å²) in [5, 5.41) is 21.6. The van der Waals surface area contributed by atoms with E-state index in [1.54, 1.807) is 26.6 Å². The molecule has 2 atom stereocenters. The maximum Gasteiger partial charge on any atom is 0.224 e. The summed E-state index contributed by atoms with van der Waals surface area (Å²) in [4.78, 5) is 15.8. The molecule has 26 heavy (non-hydrogen) atoms. The quantitative estimate of drug-likeness (QED) is 0.652. The number of pyridine rings is 1. The molecule has 1 aliphatic rings. The molecule has 1 aromatic carbocycles. The van der Waals surface area contributed by atoms with E-state index in [4.69, 9.17) is 9.47 Å². The van der Waals surface area contributed by atoms with Crippen LogP contribution in [0, 0.1) is 17.0 Å². The molecule has 7 heteroatoms. The zero-order valence-electron chi connectivity index (χ0n) is 15.1. The number of hydrogen-bond acceptors (Lipinski definition) is 6. The van der Waals surface area contributed by atoms with Crippen molar-refractivity contribution in [3.8, 4) is 11.5 Å². The third-order valence-corrected chi connectivity index (χ3v) is 5.14. The van der Waals surface area contributed by atoms with Crippen molar-refractivity contribution in [3.63, 3.8) is 0 Å². The Morgan fingerprint density at radius 1 is 1.23 bits per heavy atom. The Hall–Kier alpha value is -2.67. The number of aryl methyl sites for hydroxylation is 2. The fourth-order valence-electron chi connectivity index (χ4n) is 3.82. The summed E-state index contributed by atoms with van der Waals surface area (Å²) < 4.78 is 10.8. The molecule has 0 bridgehead atoms. The lowest BCUT2D eigenvalue weighted by Crippen LogP contribution is -2.34. The molecule has 0 aliphatic heterocycles.